The van der Waals surface area contributed by atoms with Gasteiger partial charge < -0.3 is 9.09 Å². The van der Waals surface area contributed by atoms with E-state index in [1.807, 2.05) is 26.8 Å². The van der Waals surface area contributed by atoms with Crippen LogP contribution >= 0.6 is 11.6 Å². The normalized spacial score (nSPS) is 14.5. The summed E-state index contributed by atoms with van der Waals surface area (Å²) >= 11 is 6.32. The average molecular weight is 305 g/mol. The van der Waals surface area contributed by atoms with Gasteiger partial charge in [0.25, 0.3) is 0 Å². The van der Waals surface area contributed by atoms with E-state index < -0.39 is 0 Å². The summed E-state index contributed by atoms with van der Waals surface area (Å²) in [6.07, 6.45) is 3.53. The Morgan fingerprint density at radius 1 is 1.29 bits per heavy atom. The van der Waals surface area contributed by atoms with Gasteiger partial charge in [0.1, 0.15) is 17.1 Å². The molecule has 110 valence electrons. The van der Waals surface area contributed by atoms with Gasteiger partial charge >= 0.3 is 0 Å². The standard InChI is InChI=1S/C15H17ClN4O/c1-8(16)15-18-12-7-17-6-5-13(12)20(15)10(3)14-9(2)19-21-11(14)4/h5-8,10H,1-4H3. The fraction of sp³-hybridized carbons (Fsp3) is 0.400. The Kier molecular flexibility index (Phi) is 3.45. The van der Waals surface area contributed by atoms with E-state index in [0.717, 1.165) is 33.9 Å². The van der Waals surface area contributed by atoms with Gasteiger partial charge in [-0.25, -0.2) is 4.98 Å². The number of nitrogens with zero attached hydrogens (tertiary/aromatic N) is 4. The fourth-order valence-electron chi connectivity index (χ4n) is 2.87. The minimum Gasteiger partial charge on any atom is -0.361 e. The van der Waals surface area contributed by atoms with Crippen LogP contribution in [-0.2, 0) is 0 Å². The Bertz CT molecular complexity index is 771. The summed E-state index contributed by atoms with van der Waals surface area (Å²) in [7, 11) is 0. The summed E-state index contributed by atoms with van der Waals surface area (Å²) in [5, 5.41) is 3.85. The van der Waals surface area contributed by atoms with Crippen molar-refractivity contribution in [2.75, 3.05) is 0 Å². The maximum Gasteiger partial charge on any atom is 0.139 e. The molecule has 2 atom stereocenters. The molecule has 6 heteroatoms. The summed E-state index contributed by atoms with van der Waals surface area (Å²) in [6, 6.07) is 2.00. The topological polar surface area (TPSA) is 56.7 Å². The van der Waals surface area contributed by atoms with Gasteiger partial charge in [-0.2, -0.15) is 0 Å². The molecule has 0 aromatic carbocycles. The smallest absolute Gasteiger partial charge is 0.139 e. The van der Waals surface area contributed by atoms with Crippen molar-refractivity contribution < 1.29 is 4.52 Å². The number of hydrogen-bond donors (Lipinski definition) is 0. The van der Waals surface area contributed by atoms with Crippen LogP contribution in [0.2, 0.25) is 0 Å². The Morgan fingerprint density at radius 2 is 2.05 bits per heavy atom. The first-order chi connectivity index (χ1) is 10.0. The summed E-state index contributed by atoms with van der Waals surface area (Å²) in [6.45, 7) is 7.91. The Hall–Kier alpha value is -1.88. The zero-order chi connectivity index (χ0) is 15.1. The monoisotopic (exact) mass is 304 g/mol. The molecule has 0 spiro atoms. The number of aromatic nitrogens is 4. The molecule has 0 aliphatic carbocycles. The number of imidazole rings is 1. The molecular weight excluding hydrogens is 288 g/mol. The highest BCUT2D eigenvalue weighted by atomic mass is 35.5. The second-order valence-electron chi connectivity index (χ2n) is 5.23. The van der Waals surface area contributed by atoms with Gasteiger partial charge in [0, 0.05) is 11.8 Å². The predicted molar refractivity (Wildman–Crippen MR) is 81.6 cm³/mol. The number of rotatable bonds is 3. The number of pyridine rings is 1. The molecule has 2 unspecified atom stereocenters. The van der Waals surface area contributed by atoms with Crippen LogP contribution < -0.4 is 0 Å². The third-order valence-corrected chi connectivity index (χ3v) is 3.96. The van der Waals surface area contributed by atoms with E-state index in [9.17, 15) is 0 Å². The van der Waals surface area contributed by atoms with Crippen LogP contribution in [0.15, 0.2) is 23.0 Å². The minimum absolute atomic E-state index is 0.0415. The van der Waals surface area contributed by atoms with Gasteiger partial charge in [-0.1, -0.05) is 5.16 Å². The molecule has 0 saturated heterocycles. The van der Waals surface area contributed by atoms with E-state index >= 15 is 0 Å². The molecule has 5 nitrogen and oxygen atoms in total. The maximum atomic E-state index is 6.32. The van der Waals surface area contributed by atoms with Crippen LogP contribution in [0.3, 0.4) is 0 Å². The molecule has 0 aliphatic heterocycles. The molecule has 0 fully saturated rings. The summed E-state index contributed by atoms with van der Waals surface area (Å²) < 4.78 is 7.44. The summed E-state index contributed by atoms with van der Waals surface area (Å²) in [4.78, 5) is 8.75. The van der Waals surface area contributed by atoms with Gasteiger partial charge in [-0.05, 0) is 33.8 Å². The molecule has 21 heavy (non-hydrogen) atoms. The molecule has 3 aromatic rings. The van der Waals surface area contributed by atoms with Crippen LogP contribution in [-0.4, -0.2) is 19.7 Å². The van der Waals surface area contributed by atoms with E-state index in [4.69, 9.17) is 16.1 Å². The molecule has 0 bridgehead atoms. The van der Waals surface area contributed by atoms with E-state index in [2.05, 4.69) is 26.6 Å². The van der Waals surface area contributed by atoms with Gasteiger partial charge in [0.15, 0.2) is 0 Å². The van der Waals surface area contributed by atoms with Crippen molar-refractivity contribution in [3.8, 4) is 0 Å². The van der Waals surface area contributed by atoms with Crippen LogP contribution in [0.5, 0.6) is 0 Å². The second kappa shape index (κ2) is 5.15. The van der Waals surface area contributed by atoms with Crippen molar-refractivity contribution in [2.45, 2.75) is 39.1 Å². The van der Waals surface area contributed by atoms with E-state index in [1.165, 1.54) is 0 Å². The number of alkyl halides is 1. The predicted octanol–water partition coefficient (Wildman–Crippen LogP) is 3.95. The summed E-state index contributed by atoms with van der Waals surface area (Å²) in [5.41, 5.74) is 3.83. The van der Waals surface area contributed by atoms with Crippen molar-refractivity contribution in [2.24, 2.45) is 0 Å². The largest absolute Gasteiger partial charge is 0.361 e. The van der Waals surface area contributed by atoms with Crippen molar-refractivity contribution in [1.82, 2.24) is 19.7 Å². The Balaban J connectivity index is 2.25. The van der Waals surface area contributed by atoms with Crippen LogP contribution in [0.25, 0.3) is 11.0 Å². The third kappa shape index (κ3) is 2.21. The van der Waals surface area contributed by atoms with Gasteiger partial charge in [0.05, 0.1) is 28.8 Å². The fourth-order valence-corrected chi connectivity index (χ4v) is 3.03. The molecule has 0 N–H and O–H groups in total. The minimum atomic E-state index is -0.194. The highest BCUT2D eigenvalue weighted by molar-refractivity contribution is 6.20. The van der Waals surface area contributed by atoms with Gasteiger partial charge in [-0.15, -0.1) is 11.6 Å². The summed E-state index contributed by atoms with van der Waals surface area (Å²) in [5.74, 6) is 1.65. The van der Waals surface area contributed by atoms with E-state index in [0.29, 0.717) is 0 Å². The zero-order valence-electron chi connectivity index (χ0n) is 12.5. The van der Waals surface area contributed by atoms with Gasteiger partial charge in [0.2, 0.25) is 0 Å². The maximum absolute atomic E-state index is 6.32. The number of aryl methyl sites for hydroxylation is 2. The lowest BCUT2D eigenvalue weighted by Crippen LogP contribution is -2.12. The van der Waals surface area contributed by atoms with Gasteiger partial charge in [-0.3, -0.25) is 4.98 Å². The third-order valence-electron chi connectivity index (χ3n) is 3.77. The lowest BCUT2D eigenvalue weighted by atomic mass is 10.1. The SMILES string of the molecule is Cc1noc(C)c1C(C)n1c(C(C)Cl)nc2cnccc21. The molecule has 0 saturated carbocycles. The van der Waals surface area contributed by atoms with E-state index in [-0.39, 0.29) is 11.4 Å². The quantitative estimate of drug-likeness (QED) is 0.688. The van der Waals surface area contributed by atoms with Crippen molar-refractivity contribution in [3.05, 3.63) is 41.3 Å². The molecular formula is C15H17ClN4O. The van der Waals surface area contributed by atoms with Crippen LogP contribution in [0, 0.1) is 13.8 Å². The lowest BCUT2D eigenvalue weighted by molar-refractivity contribution is 0.391. The second-order valence-corrected chi connectivity index (χ2v) is 5.89. The lowest BCUT2D eigenvalue weighted by Gasteiger charge is -2.18. The van der Waals surface area contributed by atoms with Crippen LogP contribution in [0.4, 0.5) is 0 Å². The molecule has 0 amide bonds. The Labute approximate surface area is 127 Å². The number of halogens is 1. The first-order valence-electron chi connectivity index (χ1n) is 6.89. The number of hydrogen-bond acceptors (Lipinski definition) is 4. The van der Waals surface area contributed by atoms with Crippen molar-refractivity contribution in [3.63, 3.8) is 0 Å². The highest BCUT2D eigenvalue weighted by Gasteiger charge is 2.24. The first kappa shape index (κ1) is 14.1. The van der Waals surface area contributed by atoms with Crippen LogP contribution in [0.1, 0.15) is 48.1 Å². The Morgan fingerprint density at radius 3 is 2.67 bits per heavy atom. The molecule has 3 aromatic heterocycles. The first-order valence-corrected chi connectivity index (χ1v) is 7.33. The molecule has 3 rings (SSSR count). The molecule has 3 heterocycles. The molecule has 0 radical (unpaired) electrons. The van der Waals surface area contributed by atoms with Crippen molar-refractivity contribution >= 4 is 22.6 Å². The van der Waals surface area contributed by atoms with E-state index in [1.54, 1.807) is 12.4 Å². The highest BCUT2D eigenvalue weighted by Crippen LogP contribution is 2.32. The molecule has 0 aliphatic rings. The average Bonchev–Trinajstić information content (AvgIpc) is 2.99. The number of fused-ring (bicyclic) bond motifs is 1. The van der Waals surface area contributed by atoms with Crippen molar-refractivity contribution in [1.29, 1.82) is 0 Å². The zero-order valence-corrected chi connectivity index (χ0v) is 13.2.